The third-order valence-corrected chi connectivity index (χ3v) is 3.09. The highest BCUT2D eigenvalue weighted by molar-refractivity contribution is 6.35. The van der Waals surface area contributed by atoms with Gasteiger partial charge in [-0.25, -0.2) is 4.98 Å². The van der Waals surface area contributed by atoms with Crippen LogP contribution < -0.4 is 0 Å². The zero-order chi connectivity index (χ0) is 15.0. The summed E-state index contributed by atoms with van der Waals surface area (Å²) in [7, 11) is 0. The SMILES string of the molecule is Oc1cc(O)cc(-c2nc(-c3ncc(Cl)cc3Cl)no2)c1. The summed E-state index contributed by atoms with van der Waals surface area (Å²) in [5.74, 6) is 0.0540. The molecule has 0 radical (unpaired) electrons. The molecule has 8 heteroatoms. The molecule has 3 aromatic rings. The molecule has 0 fully saturated rings. The molecule has 1 aromatic carbocycles. The number of halogens is 2. The molecule has 21 heavy (non-hydrogen) atoms. The maximum absolute atomic E-state index is 9.46. The fourth-order valence-corrected chi connectivity index (χ4v) is 2.20. The summed E-state index contributed by atoms with van der Waals surface area (Å²) in [6.45, 7) is 0. The third-order valence-electron chi connectivity index (χ3n) is 2.60. The minimum absolute atomic E-state index is 0.115. The fourth-order valence-electron chi connectivity index (χ4n) is 1.73. The Morgan fingerprint density at radius 2 is 1.71 bits per heavy atom. The lowest BCUT2D eigenvalue weighted by Gasteiger charge is -1.98. The first kappa shape index (κ1) is 13.7. The molecule has 6 nitrogen and oxygen atoms in total. The normalized spacial score (nSPS) is 10.8. The predicted molar refractivity (Wildman–Crippen MR) is 76.3 cm³/mol. The monoisotopic (exact) mass is 323 g/mol. The zero-order valence-electron chi connectivity index (χ0n) is 10.3. The molecule has 106 valence electrons. The van der Waals surface area contributed by atoms with Crippen LogP contribution in [0.5, 0.6) is 11.5 Å². The van der Waals surface area contributed by atoms with E-state index in [9.17, 15) is 10.2 Å². The molecule has 0 aliphatic heterocycles. The Morgan fingerprint density at radius 3 is 2.38 bits per heavy atom. The van der Waals surface area contributed by atoms with Crippen molar-refractivity contribution in [2.24, 2.45) is 0 Å². The van der Waals surface area contributed by atoms with Crippen molar-refractivity contribution in [2.75, 3.05) is 0 Å². The van der Waals surface area contributed by atoms with Gasteiger partial charge in [-0.1, -0.05) is 28.4 Å². The lowest BCUT2D eigenvalue weighted by Crippen LogP contribution is -1.87. The van der Waals surface area contributed by atoms with Gasteiger partial charge in [-0.15, -0.1) is 0 Å². The van der Waals surface area contributed by atoms with Crippen LogP contribution in [0.15, 0.2) is 35.0 Å². The van der Waals surface area contributed by atoms with Gasteiger partial charge in [0.25, 0.3) is 5.89 Å². The molecule has 0 spiro atoms. The lowest BCUT2D eigenvalue weighted by molar-refractivity contribution is 0.428. The number of hydrogen-bond donors (Lipinski definition) is 2. The van der Waals surface area contributed by atoms with Crippen molar-refractivity contribution in [1.29, 1.82) is 0 Å². The van der Waals surface area contributed by atoms with Gasteiger partial charge in [0.2, 0.25) is 5.82 Å². The Labute approximate surface area is 128 Å². The van der Waals surface area contributed by atoms with Gasteiger partial charge < -0.3 is 14.7 Å². The number of pyridine rings is 1. The summed E-state index contributed by atoms with van der Waals surface area (Å²) in [4.78, 5) is 8.18. The highest BCUT2D eigenvalue weighted by Crippen LogP contribution is 2.30. The molecule has 2 aromatic heterocycles. The van der Waals surface area contributed by atoms with E-state index in [-0.39, 0.29) is 28.2 Å². The maximum atomic E-state index is 9.46. The number of hydrogen-bond acceptors (Lipinski definition) is 6. The van der Waals surface area contributed by atoms with E-state index in [1.54, 1.807) is 0 Å². The molecule has 0 saturated carbocycles. The quantitative estimate of drug-likeness (QED) is 0.749. The molecule has 0 amide bonds. The summed E-state index contributed by atoms with van der Waals surface area (Å²) < 4.78 is 5.09. The van der Waals surface area contributed by atoms with Gasteiger partial charge in [-0.05, 0) is 18.2 Å². The van der Waals surface area contributed by atoms with Gasteiger partial charge in [0.1, 0.15) is 17.2 Å². The van der Waals surface area contributed by atoms with Crippen molar-refractivity contribution in [3.05, 3.63) is 40.5 Å². The second-order valence-corrected chi connectivity index (χ2v) is 4.99. The Hall–Kier alpha value is -2.31. The molecule has 3 rings (SSSR count). The van der Waals surface area contributed by atoms with Gasteiger partial charge in [0, 0.05) is 17.8 Å². The molecule has 0 atom stereocenters. The number of nitrogens with zero attached hydrogens (tertiary/aromatic N) is 3. The Kier molecular flexibility index (Phi) is 3.40. The van der Waals surface area contributed by atoms with Crippen LogP contribution in [0.3, 0.4) is 0 Å². The summed E-state index contributed by atoms with van der Waals surface area (Å²) in [5.41, 5.74) is 0.691. The number of aromatic nitrogens is 3. The highest BCUT2D eigenvalue weighted by Gasteiger charge is 2.15. The summed E-state index contributed by atoms with van der Waals surface area (Å²) in [6.07, 6.45) is 1.42. The summed E-state index contributed by atoms with van der Waals surface area (Å²) in [5, 5.41) is 23.4. The van der Waals surface area contributed by atoms with Crippen LogP contribution in [-0.4, -0.2) is 25.3 Å². The highest BCUT2D eigenvalue weighted by atomic mass is 35.5. The minimum atomic E-state index is -0.118. The molecular weight excluding hydrogens is 317 g/mol. The fraction of sp³-hybridized carbons (Fsp3) is 0. The topological polar surface area (TPSA) is 92.3 Å². The second kappa shape index (κ2) is 5.23. The van der Waals surface area contributed by atoms with Crippen molar-refractivity contribution >= 4 is 23.2 Å². The predicted octanol–water partition coefficient (Wildman–Crippen LogP) is 3.52. The molecule has 2 heterocycles. The smallest absolute Gasteiger partial charge is 0.258 e. The van der Waals surface area contributed by atoms with E-state index < -0.39 is 0 Å². The van der Waals surface area contributed by atoms with Crippen LogP contribution in [-0.2, 0) is 0 Å². The number of benzene rings is 1. The zero-order valence-corrected chi connectivity index (χ0v) is 11.8. The van der Waals surface area contributed by atoms with Gasteiger partial charge in [-0.2, -0.15) is 4.98 Å². The Morgan fingerprint density at radius 1 is 1.00 bits per heavy atom. The first-order valence-corrected chi connectivity index (χ1v) is 6.47. The van der Waals surface area contributed by atoms with Crippen molar-refractivity contribution in [3.63, 3.8) is 0 Å². The molecule has 0 unspecified atom stereocenters. The molecule has 2 N–H and O–H groups in total. The van der Waals surface area contributed by atoms with Crippen LogP contribution in [0.1, 0.15) is 0 Å². The molecule has 0 bridgehead atoms. The summed E-state index contributed by atoms with van der Waals surface area (Å²) >= 11 is 11.8. The van der Waals surface area contributed by atoms with Crippen molar-refractivity contribution in [1.82, 2.24) is 15.1 Å². The maximum Gasteiger partial charge on any atom is 0.258 e. The average Bonchev–Trinajstić information content (AvgIpc) is 2.87. The van der Waals surface area contributed by atoms with Crippen LogP contribution >= 0.6 is 23.2 Å². The van der Waals surface area contributed by atoms with E-state index in [2.05, 4.69) is 15.1 Å². The van der Waals surface area contributed by atoms with Crippen LogP contribution in [0, 0.1) is 0 Å². The largest absolute Gasteiger partial charge is 0.508 e. The van der Waals surface area contributed by atoms with E-state index in [0.717, 1.165) is 0 Å². The molecular formula is C13H7Cl2N3O3. The number of aromatic hydroxyl groups is 2. The van der Waals surface area contributed by atoms with Gasteiger partial charge in [0.15, 0.2) is 0 Å². The van der Waals surface area contributed by atoms with Gasteiger partial charge in [0.05, 0.1) is 10.0 Å². The lowest BCUT2D eigenvalue weighted by atomic mass is 10.2. The van der Waals surface area contributed by atoms with E-state index in [1.807, 2.05) is 0 Å². The van der Waals surface area contributed by atoms with Gasteiger partial charge in [-0.3, -0.25) is 0 Å². The van der Waals surface area contributed by atoms with E-state index >= 15 is 0 Å². The molecule has 0 aliphatic carbocycles. The second-order valence-electron chi connectivity index (χ2n) is 4.15. The minimum Gasteiger partial charge on any atom is -0.508 e. The third kappa shape index (κ3) is 2.76. The molecule has 0 saturated heterocycles. The van der Waals surface area contributed by atoms with Crippen molar-refractivity contribution in [2.45, 2.75) is 0 Å². The number of phenols is 2. The first-order valence-electron chi connectivity index (χ1n) is 5.71. The summed E-state index contributed by atoms with van der Waals surface area (Å²) in [6, 6.07) is 5.47. The number of rotatable bonds is 2. The average molecular weight is 324 g/mol. The van der Waals surface area contributed by atoms with E-state index in [4.69, 9.17) is 27.7 Å². The van der Waals surface area contributed by atoms with Crippen LogP contribution in [0.4, 0.5) is 0 Å². The van der Waals surface area contributed by atoms with E-state index in [0.29, 0.717) is 16.3 Å². The number of phenolic OH excluding ortho intramolecular Hbond substituents is 2. The molecule has 0 aliphatic rings. The van der Waals surface area contributed by atoms with E-state index in [1.165, 1.54) is 30.5 Å². The van der Waals surface area contributed by atoms with Gasteiger partial charge >= 0.3 is 0 Å². The van der Waals surface area contributed by atoms with Crippen molar-refractivity contribution < 1.29 is 14.7 Å². The van der Waals surface area contributed by atoms with Crippen LogP contribution in [0.25, 0.3) is 23.0 Å². The van der Waals surface area contributed by atoms with Crippen molar-refractivity contribution in [3.8, 4) is 34.5 Å². The first-order chi connectivity index (χ1) is 10.0. The van der Waals surface area contributed by atoms with Crippen LogP contribution in [0.2, 0.25) is 10.0 Å². The Bertz CT molecular complexity index is 800. The standard InChI is InChI=1S/C13H7Cl2N3O3/c14-7-3-10(15)11(16-5-7)12-17-13(21-18-12)6-1-8(19)4-9(20)2-6/h1-5,19-20H. The Balaban J connectivity index is 2.03.